The Bertz CT molecular complexity index is 918. The Kier molecular flexibility index (Phi) is 4.39. The van der Waals surface area contributed by atoms with Crippen molar-refractivity contribution in [2.45, 2.75) is 12.8 Å². The number of Topliss-reactive ketones (excluding diaryl/α,β-unsaturated/α-hetero) is 1. The fourth-order valence-corrected chi connectivity index (χ4v) is 2.97. The van der Waals surface area contributed by atoms with Crippen molar-refractivity contribution in [2.75, 3.05) is 18.0 Å². The van der Waals surface area contributed by atoms with Gasteiger partial charge in [0.25, 0.3) is 0 Å². The second kappa shape index (κ2) is 7.00. The van der Waals surface area contributed by atoms with Crippen molar-refractivity contribution in [3.63, 3.8) is 0 Å². The highest BCUT2D eigenvalue weighted by atomic mass is 19.1. The lowest BCUT2D eigenvalue weighted by Crippen LogP contribution is -2.34. The number of carbonyl (C=O) groups is 1. The molecule has 3 heterocycles. The van der Waals surface area contributed by atoms with Crippen molar-refractivity contribution in [2.24, 2.45) is 0 Å². The molecule has 3 aromatic rings. The van der Waals surface area contributed by atoms with Crippen LogP contribution in [0.4, 0.5) is 10.2 Å². The maximum Gasteiger partial charge on any atom is 0.162 e. The molecule has 1 aliphatic heterocycles. The summed E-state index contributed by atoms with van der Waals surface area (Å²) in [6, 6.07) is 11.8. The summed E-state index contributed by atoms with van der Waals surface area (Å²) in [4.78, 5) is 27.1. The van der Waals surface area contributed by atoms with Gasteiger partial charge < -0.3 is 4.90 Å². The van der Waals surface area contributed by atoms with E-state index in [0.29, 0.717) is 31.8 Å². The fourth-order valence-electron chi connectivity index (χ4n) is 2.97. The number of ketones is 1. The van der Waals surface area contributed by atoms with E-state index < -0.39 is 0 Å². The van der Waals surface area contributed by atoms with Gasteiger partial charge in [0.2, 0.25) is 0 Å². The standard InChI is InChI=1S/C20H17FN4O/c21-16-5-3-14(4-6-16)20-23-18(15-2-1-9-22-13-15)12-19(24-20)25-10-7-17(26)8-11-25/h1-6,9,12-13H,7-8,10-11H2. The second-order valence-electron chi connectivity index (χ2n) is 6.21. The van der Waals surface area contributed by atoms with Crippen LogP contribution in [-0.4, -0.2) is 33.8 Å². The molecule has 0 aliphatic carbocycles. The Morgan fingerprint density at radius 2 is 1.73 bits per heavy atom. The van der Waals surface area contributed by atoms with Crippen molar-refractivity contribution in [3.8, 4) is 22.6 Å². The molecule has 0 unspecified atom stereocenters. The molecule has 0 spiro atoms. The second-order valence-corrected chi connectivity index (χ2v) is 6.21. The summed E-state index contributed by atoms with van der Waals surface area (Å²) in [6.45, 7) is 1.29. The highest BCUT2D eigenvalue weighted by molar-refractivity contribution is 5.81. The van der Waals surface area contributed by atoms with Crippen LogP contribution in [0.2, 0.25) is 0 Å². The molecule has 26 heavy (non-hydrogen) atoms. The number of piperidine rings is 1. The molecule has 0 N–H and O–H groups in total. The van der Waals surface area contributed by atoms with Gasteiger partial charge >= 0.3 is 0 Å². The molecule has 0 amide bonds. The molecule has 6 heteroatoms. The average molecular weight is 348 g/mol. The van der Waals surface area contributed by atoms with Gasteiger partial charge in [-0.1, -0.05) is 0 Å². The van der Waals surface area contributed by atoms with E-state index in [4.69, 9.17) is 0 Å². The minimum atomic E-state index is -0.299. The molecule has 130 valence electrons. The average Bonchev–Trinajstić information content (AvgIpc) is 2.69. The highest BCUT2D eigenvalue weighted by Gasteiger charge is 2.19. The zero-order chi connectivity index (χ0) is 17.9. The summed E-state index contributed by atoms with van der Waals surface area (Å²) in [7, 11) is 0. The van der Waals surface area contributed by atoms with Crippen LogP contribution in [0.25, 0.3) is 22.6 Å². The number of anilines is 1. The lowest BCUT2D eigenvalue weighted by molar-refractivity contribution is -0.119. The lowest BCUT2D eigenvalue weighted by atomic mass is 10.1. The Hall–Kier alpha value is -3.15. The first kappa shape index (κ1) is 16.3. The third-order valence-corrected chi connectivity index (χ3v) is 4.42. The van der Waals surface area contributed by atoms with Gasteiger partial charge in [0, 0.05) is 55.5 Å². The van der Waals surface area contributed by atoms with E-state index in [1.165, 1.54) is 12.1 Å². The number of hydrogen-bond donors (Lipinski definition) is 0. The first-order chi connectivity index (χ1) is 12.7. The van der Waals surface area contributed by atoms with Crippen LogP contribution < -0.4 is 4.90 Å². The molecule has 5 nitrogen and oxygen atoms in total. The predicted molar refractivity (Wildman–Crippen MR) is 97.1 cm³/mol. The lowest BCUT2D eigenvalue weighted by Gasteiger charge is -2.27. The molecule has 1 fully saturated rings. The Labute approximate surface area is 150 Å². The fraction of sp³-hybridized carbons (Fsp3) is 0.200. The minimum absolute atomic E-state index is 0.279. The van der Waals surface area contributed by atoms with Crippen LogP contribution in [0.15, 0.2) is 54.9 Å². The molecule has 1 aliphatic rings. The number of nitrogens with zero attached hydrogens (tertiary/aromatic N) is 4. The maximum absolute atomic E-state index is 13.3. The number of halogens is 1. The zero-order valence-corrected chi connectivity index (χ0v) is 14.1. The Morgan fingerprint density at radius 1 is 0.962 bits per heavy atom. The van der Waals surface area contributed by atoms with Crippen LogP contribution in [0.1, 0.15) is 12.8 Å². The molecule has 0 radical (unpaired) electrons. The normalized spacial score (nSPS) is 14.5. The number of pyridine rings is 1. The summed E-state index contributed by atoms with van der Waals surface area (Å²) in [5, 5.41) is 0. The molecule has 2 aromatic heterocycles. The summed E-state index contributed by atoms with van der Waals surface area (Å²) < 4.78 is 13.3. The van der Waals surface area contributed by atoms with Gasteiger partial charge in [0.05, 0.1) is 5.69 Å². The number of carbonyl (C=O) groups excluding carboxylic acids is 1. The van der Waals surface area contributed by atoms with E-state index in [9.17, 15) is 9.18 Å². The number of benzene rings is 1. The zero-order valence-electron chi connectivity index (χ0n) is 14.1. The van der Waals surface area contributed by atoms with Crippen LogP contribution in [0.3, 0.4) is 0 Å². The predicted octanol–water partition coefficient (Wildman–Crippen LogP) is 3.51. The molecular formula is C20H17FN4O. The monoisotopic (exact) mass is 348 g/mol. The van der Waals surface area contributed by atoms with Crippen molar-refractivity contribution in [1.29, 1.82) is 0 Å². The summed E-state index contributed by atoms with van der Waals surface area (Å²) in [5.74, 6) is 1.28. The molecule has 0 saturated carbocycles. The van der Waals surface area contributed by atoms with E-state index in [0.717, 1.165) is 22.6 Å². The molecule has 0 atom stereocenters. The molecule has 1 aromatic carbocycles. The molecular weight excluding hydrogens is 331 g/mol. The first-order valence-electron chi connectivity index (χ1n) is 8.51. The van der Waals surface area contributed by atoms with Gasteiger partial charge in [-0.15, -0.1) is 0 Å². The van der Waals surface area contributed by atoms with E-state index in [1.54, 1.807) is 24.5 Å². The van der Waals surface area contributed by atoms with Crippen LogP contribution in [0.5, 0.6) is 0 Å². The van der Waals surface area contributed by atoms with Crippen molar-refractivity contribution in [3.05, 3.63) is 60.7 Å². The van der Waals surface area contributed by atoms with Gasteiger partial charge in [-0.05, 0) is 36.4 Å². The van der Waals surface area contributed by atoms with E-state index in [2.05, 4.69) is 19.9 Å². The smallest absolute Gasteiger partial charge is 0.162 e. The quantitative estimate of drug-likeness (QED) is 0.725. The number of rotatable bonds is 3. The Balaban J connectivity index is 1.79. The van der Waals surface area contributed by atoms with E-state index in [1.807, 2.05) is 18.2 Å². The third kappa shape index (κ3) is 3.44. The highest BCUT2D eigenvalue weighted by Crippen LogP contribution is 2.27. The van der Waals surface area contributed by atoms with Gasteiger partial charge in [-0.25, -0.2) is 14.4 Å². The van der Waals surface area contributed by atoms with E-state index in [-0.39, 0.29) is 11.6 Å². The van der Waals surface area contributed by atoms with Gasteiger partial charge in [-0.3, -0.25) is 9.78 Å². The van der Waals surface area contributed by atoms with Gasteiger partial charge in [0.1, 0.15) is 17.4 Å². The number of aromatic nitrogens is 3. The van der Waals surface area contributed by atoms with E-state index >= 15 is 0 Å². The first-order valence-corrected chi connectivity index (χ1v) is 8.51. The largest absolute Gasteiger partial charge is 0.356 e. The van der Waals surface area contributed by atoms with Crippen LogP contribution in [0, 0.1) is 5.82 Å². The summed E-state index contributed by atoms with van der Waals surface area (Å²) in [6.07, 6.45) is 4.51. The van der Waals surface area contributed by atoms with Crippen LogP contribution in [-0.2, 0) is 4.79 Å². The van der Waals surface area contributed by atoms with Crippen molar-refractivity contribution in [1.82, 2.24) is 15.0 Å². The van der Waals surface area contributed by atoms with Crippen molar-refractivity contribution < 1.29 is 9.18 Å². The Morgan fingerprint density at radius 3 is 2.42 bits per heavy atom. The summed E-state index contributed by atoms with van der Waals surface area (Å²) >= 11 is 0. The van der Waals surface area contributed by atoms with Gasteiger partial charge in [0.15, 0.2) is 5.82 Å². The number of hydrogen-bond acceptors (Lipinski definition) is 5. The molecule has 4 rings (SSSR count). The van der Waals surface area contributed by atoms with Crippen LogP contribution >= 0.6 is 0 Å². The SMILES string of the molecule is O=C1CCN(c2cc(-c3cccnc3)nc(-c3ccc(F)cc3)n2)CC1. The third-order valence-electron chi connectivity index (χ3n) is 4.42. The minimum Gasteiger partial charge on any atom is -0.356 e. The molecule has 1 saturated heterocycles. The molecule has 0 bridgehead atoms. The topological polar surface area (TPSA) is 59.0 Å². The van der Waals surface area contributed by atoms with Gasteiger partial charge in [-0.2, -0.15) is 0 Å². The van der Waals surface area contributed by atoms with Crippen molar-refractivity contribution >= 4 is 11.6 Å². The maximum atomic E-state index is 13.3. The summed E-state index contributed by atoms with van der Waals surface area (Å²) in [5.41, 5.74) is 2.37.